The molecule has 0 amide bonds. The van der Waals surface area contributed by atoms with E-state index in [0.29, 0.717) is 11.3 Å². The summed E-state index contributed by atoms with van der Waals surface area (Å²) in [5, 5.41) is 0.747. The summed E-state index contributed by atoms with van der Waals surface area (Å²) < 4.78 is 10.0. The monoisotopic (exact) mass is 206 g/mol. The van der Waals surface area contributed by atoms with Crippen molar-refractivity contribution in [3.8, 4) is 5.75 Å². The van der Waals surface area contributed by atoms with Gasteiger partial charge in [0.25, 0.3) is 0 Å². The molecule has 0 radical (unpaired) electrons. The Kier molecular flexibility index (Phi) is 2.31. The molecule has 1 heterocycles. The van der Waals surface area contributed by atoms with E-state index in [0.717, 1.165) is 5.39 Å². The first-order valence-corrected chi connectivity index (χ1v) is 4.37. The molecule has 15 heavy (non-hydrogen) atoms. The van der Waals surface area contributed by atoms with Gasteiger partial charge < -0.3 is 14.9 Å². The predicted octanol–water partition coefficient (Wildman–Crippen LogP) is 0.670. The van der Waals surface area contributed by atoms with Crippen LogP contribution in [-0.4, -0.2) is 6.73 Å². The highest BCUT2D eigenvalue weighted by Gasteiger charge is 2.03. The molecule has 0 bridgehead atoms. The minimum absolute atomic E-state index is 0.0741. The van der Waals surface area contributed by atoms with Crippen molar-refractivity contribution in [3.63, 3.8) is 0 Å². The zero-order valence-electron chi connectivity index (χ0n) is 7.90. The van der Waals surface area contributed by atoms with Crippen LogP contribution in [0.15, 0.2) is 33.5 Å². The molecule has 0 unspecified atom stereocenters. The van der Waals surface area contributed by atoms with Crippen molar-refractivity contribution in [1.82, 2.24) is 0 Å². The Hall–Kier alpha value is -2.01. The second-order valence-electron chi connectivity index (χ2n) is 3.00. The summed E-state index contributed by atoms with van der Waals surface area (Å²) in [7, 11) is 0. The van der Waals surface area contributed by atoms with Crippen molar-refractivity contribution < 1.29 is 9.15 Å². The van der Waals surface area contributed by atoms with E-state index in [9.17, 15) is 4.79 Å². The fraction of sp³-hybridized carbons (Fsp3) is 0.100. The summed E-state index contributed by atoms with van der Waals surface area (Å²) in [5.41, 5.74) is 10.6. The van der Waals surface area contributed by atoms with E-state index in [1.165, 1.54) is 0 Å². The number of benzene rings is 1. The van der Waals surface area contributed by atoms with E-state index in [1.54, 1.807) is 24.3 Å². The van der Waals surface area contributed by atoms with Crippen molar-refractivity contribution in [3.05, 3.63) is 34.7 Å². The molecule has 0 aliphatic heterocycles. The molecule has 0 aliphatic carbocycles. The topological polar surface area (TPSA) is 91.5 Å². The SMILES string of the molecule is NCOc1ccc2cc(N)c(=O)oc2c1. The highest BCUT2D eigenvalue weighted by Crippen LogP contribution is 2.20. The van der Waals surface area contributed by atoms with Crippen LogP contribution in [0, 0.1) is 0 Å². The zero-order chi connectivity index (χ0) is 10.8. The van der Waals surface area contributed by atoms with Crippen LogP contribution < -0.4 is 21.8 Å². The van der Waals surface area contributed by atoms with Crippen molar-refractivity contribution >= 4 is 16.7 Å². The van der Waals surface area contributed by atoms with Crippen LogP contribution in [0.3, 0.4) is 0 Å². The first-order valence-electron chi connectivity index (χ1n) is 4.37. The fourth-order valence-corrected chi connectivity index (χ4v) is 1.29. The van der Waals surface area contributed by atoms with Gasteiger partial charge in [-0.3, -0.25) is 5.73 Å². The van der Waals surface area contributed by atoms with Gasteiger partial charge in [0, 0.05) is 11.5 Å². The van der Waals surface area contributed by atoms with Crippen molar-refractivity contribution in [2.24, 2.45) is 5.73 Å². The molecule has 5 nitrogen and oxygen atoms in total. The Morgan fingerprint density at radius 1 is 1.33 bits per heavy atom. The molecule has 0 saturated carbocycles. The van der Waals surface area contributed by atoms with E-state index in [1.807, 2.05) is 0 Å². The smallest absolute Gasteiger partial charge is 0.359 e. The molecule has 0 fully saturated rings. The number of fused-ring (bicyclic) bond motifs is 1. The highest BCUT2D eigenvalue weighted by molar-refractivity contribution is 5.80. The molecule has 2 rings (SSSR count). The lowest BCUT2D eigenvalue weighted by Gasteiger charge is -2.03. The number of nitrogen functional groups attached to an aromatic ring is 1. The van der Waals surface area contributed by atoms with Gasteiger partial charge in [-0.15, -0.1) is 0 Å². The average molecular weight is 206 g/mol. The maximum absolute atomic E-state index is 11.1. The quantitative estimate of drug-likeness (QED) is 0.556. The summed E-state index contributed by atoms with van der Waals surface area (Å²) in [6, 6.07) is 6.64. The Balaban J connectivity index is 2.61. The van der Waals surface area contributed by atoms with Crippen LogP contribution in [0.5, 0.6) is 5.75 Å². The van der Waals surface area contributed by atoms with Gasteiger partial charge in [0.15, 0.2) is 0 Å². The Bertz CT molecular complexity index is 548. The predicted molar refractivity (Wildman–Crippen MR) is 56.6 cm³/mol. The molecule has 2 aromatic rings. The third kappa shape index (κ3) is 1.77. The van der Waals surface area contributed by atoms with Gasteiger partial charge in [0.2, 0.25) is 0 Å². The molecular formula is C10H10N2O3. The lowest BCUT2D eigenvalue weighted by Crippen LogP contribution is -2.08. The van der Waals surface area contributed by atoms with E-state index < -0.39 is 5.63 Å². The number of hydrogen-bond donors (Lipinski definition) is 2. The molecule has 1 aromatic carbocycles. The Labute approximate surface area is 85.2 Å². The molecule has 5 heteroatoms. The van der Waals surface area contributed by atoms with E-state index in [2.05, 4.69) is 0 Å². The molecular weight excluding hydrogens is 196 g/mol. The molecule has 1 aromatic heterocycles. The molecule has 0 aliphatic rings. The van der Waals surface area contributed by atoms with Crippen LogP contribution >= 0.6 is 0 Å². The molecule has 4 N–H and O–H groups in total. The van der Waals surface area contributed by atoms with Crippen LogP contribution in [0.25, 0.3) is 11.0 Å². The number of ether oxygens (including phenoxy) is 1. The van der Waals surface area contributed by atoms with Crippen molar-refractivity contribution in [2.45, 2.75) is 0 Å². The zero-order valence-corrected chi connectivity index (χ0v) is 7.90. The number of anilines is 1. The number of nitrogens with two attached hydrogens (primary N) is 2. The summed E-state index contributed by atoms with van der Waals surface area (Å²) in [4.78, 5) is 11.1. The lowest BCUT2D eigenvalue weighted by molar-refractivity contribution is 0.329. The summed E-state index contributed by atoms with van der Waals surface area (Å²) >= 11 is 0. The number of hydrogen-bond acceptors (Lipinski definition) is 5. The number of rotatable bonds is 2. The third-order valence-corrected chi connectivity index (χ3v) is 1.98. The first-order chi connectivity index (χ1) is 7.20. The van der Waals surface area contributed by atoms with Gasteiger partial charge in [-0.1, -0.05) is 0 Å². The minimum atomic E-state index is -0.549. The van der Waals surface area contributed by atoms with Crippen LogP contribution in [0.4, 0.5) is 5.69 Å². The van der Waals surface area contributed by atoms with E-state index >= 15 is 0 Å². The second-order valence-corrected chi connectivity index (χ2v) is 3.00. The normalized spacial score (nSPS) is 10.5. The Morgan fingerprint density at radius 3 is 2.87 bits per heavy atom. The highest BCUT2D eigenvalue weighted by atomic mass is 16.5. The van der Waals surface area contributed by atoms with Crippen molar-refractivity contribution in [2.75, 3.05) is 12.5 Å². The summed E-state index contributed by atoms with van der Waals surface area (Å²) in [6.07, 6.45) is 0. The minimum Gasteiger partial charge on any atom is -0.478 e. The summed E-state index contributed by atoms with van der Waals surface area (Å²) in [6.45, 7) is 0.0741. The summed E-state index contributed by atoms with van der Waals surface area (Å²) in [5.74, 6) is 0.554. The molecule has 78 valence electrons. The van der Waals surface area contributed by atoms with Crippen LogP contribution in [0.2, 0.25) is 0 Å². The van der Waals surface area contributed by atoms with Gasteiger partial charge >= 0.3 is 5.63 Å². The van der Waals surface area contributed by atoms with Gasteiger partial charge in [0.1, 0.15) is 23.8 Å². The second kappa shape index (κ2) is 3.62. The Morgan fingerprint density at radius 2 is 2.13 bits per heavy atom. The standard InChI is InChI=1S/C10H10N2O3/c11-5-14-7-2-1-6-3-8(12)10(13)15-9(6)4-7/h1-4H,5,11-12H2. The first kappa shape index (κ1) is 9.54. The van der Waals surface area contributed by atoms with Crippen LogP contribution in [0.1, 0.15) is 0 Å². The molecule has 0 saturated heterocycles. The fourth-order valence-electron chi connectivity index (χ4n) is 1.29. The maximum atomic E-state index is 11.1. The van der Waals surface area contributed by atoms with Crippen molar-refractivity contribution in [1.29, 1.82) is 0 Å². The van der Waals surface area contributed by atoms with Gasteiger partial charge in [-0.05, 0) is 18.2 Å². The molecule has 0 atom stereocenters. The van der Waals surface area contributed by atoms with Gasteiger partial charge in [-0.25, -0.2) is 4.79 Å². The third-order valence-electron chi connectivity index (χ3n) is 1.98. The van der Waals surface area contributed by atoms with Gasteiger partial charge in [0.05, 0.1) is 0 Å². The maximum Gasteiger partial charge on any atom is 0.359 e. The largest absolute Gasteiger partial charge is 0.478 e. The van der Waals surface area contributed by atoms with E-state index in [4.69, 9.17) is 20.6 Å². The van der Waals surface area contributed by atoms with E-state index in [-0.39, 0.29) is 12.4 Å². The lowest BCUT2D eigenvalue weighted by atomic mass is 10.2. The molecule has 0 spiro atoms. The average Bonchev–Trinajstić information content (AvgIpc) is 2.21. The van der Waals surface area contributed by atoms with Gasteiger partial charge in [-0.2, -0.15) is 0 Å². The van der Waals surface area contributed by atoms with Crippen LogP contribution in [-0.2, 0) is 0 Å².